The lowest BCUT2D eigenvalue weighted by atomic mass is 10.1. The second kappa shape index (κ2) is 3.82. The van der Waals surface area contributed by atoms with Crippen molar-refractivity contribution < 1.29 is 9.90 Å². The summed E-state index contributed by atoms with van der Waals surface area (Å²) in [7, 11) is 0. The average Bonchev–Trinajstić information content (AvgIpc) is 2.05. The van der Waals surface area contributed by atoms with Crippen LogP contribution in [0.25, 0.3) is 10.4 Å². The molecule has 0 aromatic carbocycles. The van der Waals surface area contributed by atoms with E-state index in [1.54, 1.807) is 0 Å². The summed E-state index contributed by atoms with van der Waals surface area (Å²) in [6.45, 7) is 0.881. The summed E-state index contributed by atoms with van der Waals surface area (Å²) in [6.07, 6.45) is 0.622. The van der Waals surface area contributed by atoms with Gasteiger partial charge in [-0.3, -0.25) is 0 Å². The molecule has 1 saturated heterocycles. The zero-order chi connectivity index (χ0) is 8.97. The Hall–Kier alpha value is -1.42. The van der Waals surface area contributed by atoms with Gasteiger partial charge in [0.1, 0.15) is 0 Å². The monoisotopic (exact) mass is 170 g/mol. The van der Waals surface area contributed by atoms with Gasteiger partial charge in [-0.15, -0.1) is 0 Å². The molecule has 1 amide bonds. The van der Waals surface area contributed by atoms with E-state index >= 15 is 0 Å². The Balaban J connectivity index is 2.51. The molecule has 6 nitrogen and oxygen atoms in total. The molecule has 0 saturated carbocycles. The maximum Gasteiger partial charge on any atom is 0.407 e. The third-order valence-corrected chi connectivity index (χ3v) is 1.88. The van der Waals surface area contributed by atoms with E-state index in [4.69, 9.17) is 10.6 Å². The van der Waals surface area contributed by atoms with Crippen molar-refractivity contribution in [3.8, 4) is 0 Å². The first kappa shape index (κ1) is 8.67. The van der Waals surface area contributed by atoms with Gasteiger partial charge in [0.05, 0.1) is 6.04 Å². The van der Waals surface area contributed by atoms with Crippen LogP contribution in [0.1, 0.15) is 12.8 Å². The van der Waals surface area contributed by atoms with Gasteiger partial charge in [0.2, 0.25) is 0 Å². The summed E-state index contributed by atoms with van der Waals surface area (Å²) in [5.41, 5.74) is 8.14. The molecule has 1 N–H and O–H groups in total. The lowest BCUT2D eigenvalue weighted by Crippen LogP contribution is -2.40. The molecule has 12 heavy (non-hydrogen) atoms. The van der Waals surface area contributed by atoms with Crippen LogP contribution in [0.3, 0.4) is 0 Å². The molecular formula is C6H10N4O2. The summed E-state index contributed by atoms with van der Waals surface area (Å²) in [4.78, 5) is 14.4. The van der Waals surface area contributed by atoms with Gasteiger partial charge in [0, 0.05) is 18.0 Å². The zero-order valence-electron chi connectivity index (χ0n) is 6.55. The molecule has 0 spiro atoms. The number of rotatable bonds is 1. The van der Waals surface area contributed by atoms with Gasteiger partial charge >= 0.3 is 6.09 Å². The van der Waals surface area contributed by atoms with Gasteiger partial charge in [0.25, 0.3) is 0 Å². The number of amides is 1. The van der Waals surface area contributed by atoms with Crippen LogP contribution in [-0.4, -0.2) is 35.2 Å². The van der Waals surface area contributed by atoms with Crippen LogP contribution in [0, 0.1) is 0 Å². The van der Waals surface area contributed by atoms with Crippen LogP contribution in [0.4, 0.5) is 4.79 Å². The molecule has 66 valence electrons. The van der Waals surface area contributed by atoms with E-state index in [0.29, 0.717) is 13.1 Å². The van der Waals surface area contributed by atoms with Gasteiger partial charge in [-0.05, 0) is 18.4 Å². The number of piperidine rings is 1. The van der Waals surface area contributed by atoms with E-state index in [1.165, 1.54) is 4.90 Å². The summed E-state index contributed by atoms with van der Waals surface area (Å²) in [5.74, 6) is 0. The number of hydrogen-bond donors (Lipinski definition) is 1. The molecule has 0 aromatic rings. The lowest BCUT2D eigenvalue weighted by molar-refractivity contribution is 0.131. The Kier molecular flexibility index (Phi) is 2.76. The Labute approximate surface area is 69.4 Å². The summed E-state index contributed by atoms with van der Waals surface area (Å²) in [5, 5.41) is 12.1. The lowest BCUT2D eigenvalue weighted by Gasteiger charge is -2.27. The number of carboxylic acid groups (broad SMARTS) is 1. The molecule has 1 heterocycles. The van der Waals surface area contributed by atoms with Crippen molar-refractivity contribution in [3.05, 3.63) is 10.4 Å². The highest BCUT2D eigenvalue weighted by Crippen LogP contribution is 2.12. The highest BCUT2D eigenvalue weighted by atomic mass is 16.4. The van der Waals surface area contributed by atoms with Crippen LogP contribution >= 0.6 is 0 Å². The zero-order valence-corrected chi connectivity index (χ0v) is 6.55. The average molecular weight is 170 g/mol. The summed E-state index contributed by atoms with van der Waals surface area (Å²) in [6, 6.07) is -0.181. The summed E-state index contributed by atoms with van der Waals surface area (Å²) >= 11 is 0. The SMILES string of the molecule is [N-]=[N+]=N[C@H]1CCCN(C(=O)O)C1. The Bertz CT molecular complexity index is 216. The second-order valence-corrected chi connectivity index (χ2v) is 2.73. The molecule has 0 aromatic heterocycles. The van der Waals surface area contributed by atoms with E-state index < -0.39 is 6.09 Å². The van der Waals surface area contributed by atoms with Crippen molar-refractivity contribution in [2.75, 3.05) is 13.1 Å². The maximum absolute atomic E-state index is 10.5. The molecule has 6 heteroatoms. The highest BCUT2D eigenvalue weighted by Gasteiger charge is 2.21. The van der Waals surface area contributed by atoms with Crippen molar-refractivity contribution in [1.82, 2.24) is 4.90 Å². The standard InChI is InChI=1S/C6H10N4O2/c7-9-8-5-2-1-3-10(4-5)6(11)12/h5H,1-4H2,(H,11,12)/t5-/m0/s1. The minimum absolute atomic E-state index is 0.181. The van der Waals surface area contributed by atoms with Crippen LogP contribution in [0.5, 0.6) is 0 Å². The minimum atomic E-state index is -0.937. The first-order valence-corrected chi connectivity index (χ1v) is 3.76. The van der Waals surface area contributed by atoms with E-state index in [2.05, 4.69) is 10.0 Å². The Morgan fingerprint density at radius 2 is 2.50 bits per heavy atom. The topological polar surface area (TPSA) is 89.3 Å². The molecule has 0 aliphatic carbocycles. The normalized spacial score (nSPS) is 23.0. The molecule has 1 fully saturated rings. The molecular weight excluding hydrogens is 160 g/mol. The minimum Gasteiger partial charge on any atom is -0.465 e. The molecule has 1 rings (SSSR count). The van der Waals surface area contributed by atoms with Crippen molar-refractivity contribution >= 4 is 6.09 Å². The number of hydrogen-bond acceptors (Lipinski definition) is 2. The van der Waals surface area contributed by atoms with Crippen LogP contribution in [0.2, 0.25) is 0 Å². The smallest absolute Gasteiger partial charge is 0.407 e. The van der Waals surface area contributed by atoms with Gasteiger partial charge in [-0.2, -0.15) is 0 Å². The van der Waals surface area contributed by atoms with Crippen LogP contribution in [-0.2, 0) is 0 Å². The first-order valence-electron chi connectivity index (χ1n) is 3.76. The first-order chi connectivity index (χ1) is 5.74. The largest absolute Gasteiger partial charge is 0.465 e. The Morgan fingerprint density at radius 3 is 3.08 bits per heavy atom. The number of carbonyl (C=O) groups is 1. The number of nitrogens with zero attached hydrogens (tertiary/aromatic N) is 4. The van der Waals surface area contributed by atoms with Crippen LogP contribution in [0.15, 0.2) is 5.11 Å². The maximum atomic E-state index is 10.5. The fourth-order valence-corrected chi connectivity index (χ4v) is 1.30. The van der Waals surface area contributed by atoms with Crippen molar-refractivity contribution in [2.45, 2.75) is 18.9 Å². The summed E-state index contributed by atoms with van der Waals surface area (Å²) < 4.78 is 0. The predicted molar refractivity (Wildman–Crippen MR) is 41.8 cm³/mol. The van der Waals surface area contributed by atoms with Crippen molar-refractivity contribution in [2.24, 2.45) is 5.11 Å². The second-order valence-electron chi connectivity index (χ2n) is 2.73. The number of azide groups is 1. The van der Waals surface area contributed by atoms with Gasteiger partial charge in [-0.25, -0.2) is 4.79 Å². The van der Waals surface area contributed by atoms with E-state index in [1.807, 2.05) is 0 Å². The van der Waals surface area contributed by atoms with E-state index in [0.717, 1.165) is 12.8 Å². The number of likely N-dealkylation sites (tertiary alicyclic amines) is 1. The fraction of sp³-hybridized carbons (Fsp3) is 0.833. The highest BCUT2D eigenvalue weighted by molar-refractivity contribution is 5.65. The fourth-order valence-electron chi connectivity index (χ4n) is 1.30. The van der Waals surface area contributed by atoms with E-state index in [-0.39, 0.29) is 6.04 Å². The van der Waals surface area contributed by atoms with Crippen molar-refractivity contribution in [1.29, 1.82) is 0 Å². The molecule has 0 radical (unpaired) electrons. The van der Waals surface area contributed by atoms with Gasteiger partial charge in [-0.1, -0.05) is 5.11 Å². The quantitative estimate of drug-likeness (QED) is 0.366. The van der Waals surface area contributed by atoms with E-state index in [9.17, 15) is 4.79 Å². The third kappa shape index (κ3) is 2.03. The van der Waals surface area contributed by atoms with Crippen LogP contribution < -0.4 is 0 Å². The third-order valence-electron chi connectivity index (χ3n) is 1.88. The molecule has 0 bridgehead atoms. The predicted octanol–water partition coefficient (Wildman–Crippen LogP) is 1.44. The van der Waals surface area contributed by atoms with Gasteiger partial charge in [0.15, 0.2) is 0 Å². The van der Waals surface area contributed by atoms with Gasteiger partial charge < -0.3 is 10.0 Å². The molecule has 1 aliphatic heterocycles. The molecule has 0 unspecified atom stereocenters. The molecule has 1 aliphatic rings. The van der Waals surface area contributed by atoms with Crippen molar-refractivity contribution in [3.63, 3.8) is 0 Å². The molecule has 1 atom stereocenters. The Morgan fingerprint density at radius 1 is 1.75 bits per heavy atom.